The Balaban J connectivity index is 1.37. The van der Waals surface area contributed by atoms with Crippen LogP contribution in [0.15, 0.2) is 41.5 Å². The molecular weight excluding hydrogens is 370 g/mol. The summed E-state index contributed by atoms with van der Waals surface area (Å²) < 4.78 is 7.35. The molecule has 0 radical (unpaired) electrons. The summed E-state index contributed by atoms with van der Waals surface area (Å²) in [6.45, 7) is 4.91. The van der Waals surface area contributed by atoms with Crippen LogP contribution in [-0.4, -0.2) is 49.5 Å². The van der Waals surface area contributed by atoms with Crippen LogP contribution >= 0.6 is 0 Å². The summed E-state index contributed by atoms with van der Waals surface area (Å²) in [4.78, 5) is 39.9. The van der Waals surface area contributed by atoms with E-state index in [2.05, 4.69) is 15.0 Å². The van der Waals surface area contributed by atoms with Gasteiger partial charge in [0.15, 0.2) is 0 Å². The molecule has 1 amide bonds. The van der Waals surface area contributed by atoms with Gasteiger partial charge in [-0.2, -0.15) is 4.98 Å². The lowest BCUT2D eigenvalue weighted by Crippen LogP contribution is -2.44. The number of amides is 1. The highest BCUT2D eigenvalue weighted by Crippen LogP contribution is 2.18. The Kier molecular flexibility index (Phi) is 5.24. The molecule has 0 unspecified atom stereocenters. The fourth-order valence-electron chi connectivity index (χ4n) is 3.60. The van der Waals surface area contributed by atoms with Crippen LogP contribution in [0.4, 0.5) is 0 Å². The summed E-state index contributed by atoms with van der Waals surface area (Å²) in [6, 6.07) is 8.96. The number of benzene rings is 1. The molecule has 1 fully saturated rings. The van der Waals surface area contributed by atoms with Gasteiger partial charge in [0.25, 0.3) is 5.56 Å². The van der Waals surface area contributed by atoms with Gasteiger partial charge in [-0.15, -0.1) is 0 Å². The molecule has 2 aromatic heterocycles. The minimum atomic E-state index is -0.198. The lowest BCUT2D eigenvalue weighted by Gasteiger charge is -2.32. The van der Waals surface area contributed by atoms with Crippen molar-refractivity contribution in [1.82, 2.24) is 24.4 Å². The van der Waals surface area contributed by atoms with Crippen LogP contribution in [0.3, 0.4) is 0 Å². The summed E-state index contributed by atoms with van der Waals surface area (Å²) in [5.41, 5.74) is 1.31. The first-order chi connectivity index (χ1) is 14.0. The van der Waals surface area contributed by atoms with E-state index in [0.29, 0.717) is 35.7 Å². The Morgan fingerprint density at radius 1 is 1.17 bits per heavy atom. The highest BCUT2D eigenvalue weighted by atomic mass is 16.5. The van der Waals surface area contributed by atoms with Gasteiger partial charge in [0, 0.05) is 37.7 Å². The number of aryl methyl sites for hydroxylation is 2. The minimum Gasteiger partial charge on any atom is -0.474 e. The number of fused-ring (bicyclic) bond motifs is 1. The number of aromatic nitrogens is 4. The Hall–Kier alpha value is -3.29. The van der Waals surface area contributed by atoms with E-state index in [1.807, 2.05) is 26.0 Å². The fraction of sp³-hybridized carbons (Fsp3) is 0.381. The number of ether oxygens (including phenoxy) is 1. The van der Waals surface area contributed by atoms with E-state index in [4.69, 9.17) is 4.74 Å². The fourth-order valence-corrected chi connectivity index (χ4v) is 3.60. The van der Waals surface area contributed by atoms with Gasteiger partial charge >= 0.3 is 0 Å². The molecule has 0 saturated carbocycles. The number of piperidine rings is 1. The van der Waals surface area contributed by atoms with E-state index in [-0.39, 0.29) is 24.1 Å². The van der Waals surface area contributed by atoms with Gasteiger partial charge in [0.1, 0.15) is 18.5 Å². The van der Waals surface area contributed by atoms with Crippen LogP contribution < -0.4 is 10.3 Å². The van der Waals surface area contributed by atoms with Crippen molar-refractivity contribution in [2.75, 3.05) is 13.1 Å². The minimum absolute atomic E-state index is 0.00745. The SMILES string of the molecule is Cc1cc(OC2CCN(C(=O)Cn3cnc4ccccc4c3=O)CC2)nc(C)n1. The van der Waals surface area contributed by atoms with Crippen LogP contribution in [0.2, 0.25) is 0 Å². The molecule has 1 aromatic carbocycles. The molecule has 4 rings (SSSR count). The standard InChI is InChI=1S/C21H23N5O3/c1-14-11-19(24-15(2)23-14)29-16-7-9-25(10-8-16)20(27)12-26-13-22-18-6-4-3-5-17(18)21(26)28/h3-6,11,13,16H,7-10,12H2,1-2H3. The van der Waals surface area contributed by atoms with Crippen molar-refractivity contribution in [2.24, 2.45) is 0 Å². The molecule has 1 aliphatic rings. The van der Waals surface area contributed by atoms with Crippen LogP contribution in [0, 0.1) is 13.8 Å². The first-order valence-corrected chi connectivity index (χ1v) is 9.70. The lowest BCUT2D eigenvalue weighted by molar-refractivity contribution is -0.133. The second kappa shape index (κ2) is 7.98. The molecule has 0 bridgehead atoms. The zero-order valence-electron chi connectivity index (χ0n) is 16.5. The Bertz CT molecular complexity index is 1080. The summed E-state index contributed by atoms with van der Waals surface area (Å²) in [5, 5.41) is 0.519. The summed E-state index contributed by atoms with van der Waals surface area (Å²) in [7, 11) is 0. The molecule has 0 aliphatic carbocycles. The number of carbonyl (C=O) groups is 1. The van der Waals surface area contributed by atoms with E-state index in [0.717, 1.165) is 18.5 Å². The predicted molar refractivity (Wildman–Crippen MR) is 108 cm³/mol. The molecule has 3 aromatic rings. The van der Waals surface area contributed by atoms with Crippen molar-refractivity contribution in [3.8, 4) is 5.88 Å². The summed E-state index contributed by atoms with van der Waals surface area (Å²) in [6.07, 6.45) is 2.90. The van der Waals surface area contributed by atoms with Gasteiger partial charge < -0.3 is 9.64 Å². The molecule has 0 spiro atoms. The van der Waals surface area contributed by atoms with E-state index in [9.17, 15) is 9.59 Å². The van der Waals surface area contributed by atoms with Gasteiger partial charge in [-0.05, 0) is 26.0 Å². The average molecular weight is 393 g/mol. The van der Waals surface area contributed by atoms with Crippen LogP contribution in [-0.2, 0) is 11.3 Å². The zero-order valence-corrected chi connectivity index (χ0v) is 16.5. The lowest BCUT2D eigenvalue weighted by atomic mass is 10.1. The van der Waals surface area contributed by atoms with Crippen molar-refractivity contribution in [3.63, 3.8) is 0 Å². The van der Waals surface area contributed by atoms with E-state index in [1.165, 1.54) is 10.9 Å². The third-order valence-electron chi connectivity index (χ3n) is 5.06. The van der Waals surface area contributed by atoms with Crippen LogP contribution in [0.25, 0.3) is 10.9 Å². The Morgan fingerprint density at radius 2 is 1.93 bits per heavy atom. The van der Waals surface area contributed by atoms with Crippen molar-refractivity contribution >= 4 is 16.8 Å². The topological polar surface area (TPSA) is 90.2 Å². The third kappa shape index (κ3) is 4.26. The van der Waals surface area contributed by atoms with Gasteiger partial charge in [-0.3, -0.25) is 14.2 Å². The average Bonchev–Trinajstić information content (AvgIpc) is 2.70. The molecule has 1 saturated heterocycles. The van der Waals surface area contributed by atoms with Gasteiger partial charge in [-0.1, -0.05) is 12.1 Å². The number of likely N-dealkylation sites (tertiary alicyclic amines) is 1. The maximum atomic E-state index is 12.7. The monoisotopic (exact) mass is 393 g/mol. The van der Waals surface area contributed by atoms with Crippen molar-refractivity contribution in [2.45, 2.75) is 39.3 Å². The Morgan fingerprint density at radius 3 is 2.69 bits per heavy atom. The smallest absolute Gasteiger partial charge is 0.261 e. The van der Waals surface area contributed by atoms with Crippen molar-refractivity contribution in [1.29, 1.82) is 0 Å². The number of hydrogen-bond acceptors (Lipinski definition) is 6. The van der Waals surface area contributed by atoms with E-state index in [1.54, 1.807) is 23.1 Å². The second-order valence-corrected chi connectivity index (χ2v) is 7.29. The molecule has 150 valence electrons. The molecule has 0 N–H and O–H groups in total. The maximum absolute atomic E-state index is 12.7. The maximum Gasteiger partial charge on any atom is 0.261 e. The normalized spacial score (nSPS) is 14.9. The third-order valence-corrected chi connectivity index (χ3v) is 5.06. The molecule has 0 atom stereocenters. The molecular formula is C21H23N5O3. The van der Waals surface area contributed by atoms with Gasteiger partial charge in [0.2, 0.25) is 11.8 Å². The number of rotatable bonds is 4. The van der Waals surface area contributed by atoms with Crippen LogP contribution in [0.5, 0.6) is 5.88 Å². The van der Waals surface area contributed by atoms with Gasteiger partial charge in [0.05, 0.1) is 17.2 Å². The quantitative estimate of drug-likeness (QED) is 0.672. The molecule has 1 aliphatic heterocycles. The molecule has 3 heterocycles. The number of nitrogens with zero attached hydrogens (tertiary/aromatic N) is 5. The zero-order chi connectivity index (χ0) is 20.4. The first kappa shape index (κ1) is 19.0. The van der Waals surface area contributed by atoms with E-state index < -0.39 is 0 Å². The first-order valence-electron chi connectivity index (χ1n) is 9.70. The molecule has 29 heavy (non-hydrogen) atoms. The van der Waals surface area contributed by atoms with Gasteiger partial charge in [-0.25, -0.2) is 9.97 Å². The number of hydrogen-bond donors (Lipinski definition) is 0. The predicted octanol–water partition coefficient (Wildman–Crippen LogP) is 1.87. The molecule has 8 heteroatoms. The van der Waals surface area contributed by atoms with Crippen molar-refractivity contribution < 1.29 is 9.53 Å². The van der Waals surface area contributed by atoms with Crippen LogP contribution in [0.1, 0.15) is 24.4 Å². The van der Waals surface area contributed by atoms with Crippen molar-refractivity contribution in [3.05, 3.63) is 58.5 Å². The Labute approximate surface area is 168 Å². The second-order valence-electron chi connectivity index (χ2n) is 7.29. The van der Waals surface area contributed by atoms with E-state index >= 15 is 0 Å². The summed E-state index contributed by atoms with van der Waals surface area (Å²) >= 11 is 0. The highest BCUT2D eigenvalue weighted by Gasteiger charge is 2.25. The molecule has 8 nitrogen and oxygen atoms in total. The number of para-hydroxylation sites is 1. The number of carbonyl (C=O) groups excluding carboxylic acids is 1. The largest absolute Gasteiger partial charge is 0.474 e. The summed E-state index contributed by atoms with van der Waals surface area (Å²) in [5.74, 6) is 1.17. The highest BCUT2D eigenvalue weighted by molar-refractivity contribution is 5.79.